The van der Waals surface area contributed by atoms with Crippen LogP contribution in [-0.2, 0) is 0 Å². The number of fused-ring (bicyclic) bond motifs is 1. The van der Waals surface area contributed by atoms with Crippen molar-refractivity contribution in [3.63, 3.8) is 0 Å². The number of nitro benzene ring substituents is 1. The van der Waals surface area contributed by atoms with Crippen LogP contribution in [0.3, 0.4) is 0 Å². The van der Waals surface area contributed by atoms with E-state index in [4.69, 9.17) is 16.6 Å². The second-order valence-electron chi connectivity index (χ2n) is 6.00. The number of hydrazone groups is 1. The van der Waals surface area contributed by atoms with Gasteiger partial charge in [-0.3, -0.25) is 15.5 Å². The number of rotatable bonds is 3. The first kappa shape index (κ1) is 18.3. The van der Waals surface area contributed by atoms with Crippen LogP contribution in [0.5, 0.6) is 0 Å². The normalized spacial score (nSPS) is 12.9. The summed E-state index contributed by atoms with van der Waals surface area (Å²) in [5, 5.41) is 16.0. The molecule has 0 atom stereocenters. The number of amidine groups is 1. The molecule has 0 saturated carbocycles. The Morgan fingerprint density at radius 2 is 1.64 bits per heavy atom. The lowest BCUT2D eigenvalue weighted by molar-refractivity contribution is -0.384. The quantitative estimate of drug-likeness (QED) is 0.421. The molecule has 1 aliphatic heterocycles. The summed E-state index contributed by atoms with van der Waals surface area (Å²) in [5.74, 6) is 0.591. The van der Waals surface area contributed by atoms with Gasteiger partial charge in [0.1, 0.15) is 5.71 Å². The van der Waals surface area contributed by atoms with Gasteiger partial charge in [0.25, 0.3) is 5.69 Å². The van der Waals surface area contributed by atoms with E-state index in [9.17, 15) is 10.1 Å². The number of benzene rings is 3. The number of hydrogen-bond donors (Lipinski definition) is 1. The Kier molecular flexibility index (Phi) is 4.93. The van der Waals surface area contributed by atoms with Crippen molar-refractivity contribution in [2.75, 3.05) is 0 Å². The summed E-state index contributed by atoms with van der Waals surface area (Å²) in [4.78, 5) is 15.2. The van der Waals surface area contributed by atoms with E-state index in [2.05, 4.69) is 26.5 Å². The number of halogens is 2. The molecule has 6 nitrogen and oxygen atoms in total. The molecule has 0 amide bonds. The van der Waals surface area contributed by atoms with E-state index in [0.717, 1.165) is 15.6 Å². The number of non-ortho nitro benzene ring substituents is 1. The SMILES string of the molecule is O=[N+]([O-])c1ccc(C2=NNC(c3ccc(Br)cc3)=Nc3ccc(Cl)cc32)cc1. The molecule has 28 heavy (non-hydrogen) atoms. The Balaban J connectivity index is 1.82. The second kappa shape index (κ2) is 7.53. The van der Waals surface area contributed by atoms with Crippen LogP contribution in [0.25, 0.3) is 0 Å². The molecule has 4 rings (SSSR count). The van der Waals surface area contributed by atoms with Crippen LogP contribution < -0.4 is 5.43 Å². The highest BCUT2D eigenvalue weighted by atomic mass is 79.9. The molecule has 0 fully saturated rings. The lowest BCUT2D eigenvalue weighted by atomic mass is 10.0. The van der Waals surface area contributed by atoms with Gasteiger partial charge in [0.05, 0.1) is 10.6 Å². The van der Waals surface area contributed by atoms with Gasteiger partial charge in [-0.2, -0.15) is 5.10 Å². The number of aliphatic imine (C=N–C) groups is 1. The smallest absolute Gasteiger partial charge is 0.260 e. The van der Waals surface area contributed by atoms with Gasteiger partial charge in [-0.15, -0.1) is 0 Å². The minimum atomic E-state index is -0.434. The molecule has 138 valence electrons. The number of nitrogens with one attached hydrogen (secondary N) is 1. The highest BCUT2D eigenvalue weighted by Crippen LogP contribution is 2.29. The second-order valence-corrected chi connectivity index (χ2v) is 7.36. The largest absolute Gasteiger partial charge is 0.269 e. The Morgan fingerprint density at radius 3 is 2.32 bits per heavy atom. The van der Waals surface area contributed by atoms with E-state index in [1.165, 1.54) is 12.1 Å². The topological polar surface area (TPSA) is 79.9 Å². The predicted octanol–water partition coefficient (Wildman–Crippen LogP) is 5.44. The van der Waals surface area contributed by atoms with Crippen LogP contribution in [0, 0.1) is 10.1 Å². The van der Waals surface area contributed by atoms with Gasteiger partial charge in [-0.05, 0) is 42.5 Å². The molecular formula is C20H12BrClN4O2. The van der Waals surface area contributed by atoms with Crippen molar-refractivity contribution in [3.8, 4) is 0 Å². The van der Waals surface area contributed by atoms with Crippen molar-refractivity contribution in [1.82, 2.24) is 5.43 Å². The molecule has 0 aliphatic carbocycles. The first-order valence-electron chi connectivity index (χ1n) is 8.24. The van der Waals surface area contributed by atoms with Crippen LogP contribution in [-0.4, -0.2) is 16.5 Å². The lowest BCUT2D eigenvalue weighted by Gasteiger charge is -2.08. The summed E-state index contributed by atoms with van der Waals surface area (Å²) in [6, 6.07) is 19.3. The van der Waals surface area contributed by atoms with Crippen LogP contribution in [0.1, 0.15) is 16.7 Å². The Labute approximate surface area is 173 Å². The van der Waals surface area contributed by atoms with Crippen molar-refractivity contribution in [2.24, 2.45) is 10.1 Å². The molecular weight excluding hydrogens is 444 g/mol. The third kappa shape index (κ3) is 3.67. The molecule has 0 aromatic heterocycles. The average molecular weight is 456 g/mol. The molecule has 1 aliphatic rings. The van der Waals surface area contributed by atoms with E-state index >= 15 is 0 Å². The van der Waals surface area contributed by atoms with Crippen molar-refractivity contribution in [1.29, 1.82) is 0 Å². The standard InChI is InChI=1S/C20H12BrClN4O2/c21-14-5-1-13(2-6-14)20-23-18-10-7-15(22)11-17(18)19(24-25-20)12-3-8-16(9-4-12)26(27)28/h1-11H,(H,23,25). The molecule has 1 heterocycles. The summed E-state index contributed by atoms with van der Waals surface area (Å²) in [6.07, 6.45) is 0. The van der Waals surface area contributed by atoms with E-state index < -0.39 is 4.92 Å². The fourth-order valence-electron chi connectivity index (χ4n) is 2.81. The van der Waals surface area contributed by atoms with Crippen LogP contribution in [0.15, 0.2) is 81.3 Å². The maximum atomic E-state index is 10.9. The van der Waals surface area contributed by atoms with Crippen molar-refractivity contribution in [2.45, 2.75) is 0 Å². The zero-order valence-corrected chi connectivity index (χ0v) is 16.6. The van der Waals surface area contributed by atoms with Gasteiger partial charge in [0.15, 0.2) is 5.84 Å². The van der Waals surface area contributed by atoms with Gasteiger partial charge in [-0.1, -0.05) is 39.7 Å². The summed E-state index contributed by atoms with van der Waals surface area (Å²) in [5.41, 5.74) is 6.66. The molecule has 0 radical (unpaired) electrons. The van der Waals surface area contributed by atoms with E-state index in [-0.39, 0.29) is 5.69 Å². The summed E-state index contributed by atoms with van der Waals surface area (Å²) < 4.78 is 0.965. The zero-order chi connectivity index (χ0) is 19.7. The van der Waals surface area contributed by atoms with Crippen molar-refractivity contribution in [3.05, 3.63) is 103 Å². The summed E-state index contributed by atoms with van der Waals surface area (Å²) >= 11 is 9.63. The molecule has 3 aromatic rings. The lowest BCUT2D eigenvalue weighted by Crippen LogP contribution is -2.19. The fraction of sp³-hybridized carbons (Fsp3) is 0. The number of nitrogens with zero attached hydrogens (tertiary/aromatic N) is 3. The Hall–Kier alpha value is -3.03. The third-order valence-electron chi connectivity index (χ3n) is 4.19. The van der Waals surface area contributed by atoms with Crippen LogP contribution >= 0.6 is 27.5 Å². The predicted molar refractivity (Wildman–Crippen MR) is 114 cm³/mol. The Bertz CT molecular complexity index is 1130. The molecule has 0 spiro atoms. The van der Waals surface area contributed by atoms with Crippen LogP contribution in [0.2, 0.25) is 5.02 Å². The van der Waals surface area contributed by atoms with E-state index in [1.54, 1.807) is 24.3 Å². The van der Waals surface area contributed by atoms with E-state index in [1.807, 2.05) is 30.3 Å². The maximum Gasteiger partial charge on any atom is 0.269 e. The van der Waals surface area contributed by atoms with Gasteiger partial charge < -0.3 is 0 Å². The fourth-order valence-corrected chi connectivity index (χ4v) is 3.24. The van der Waals surface area contributed by atoms with Crippen molar-refractivity contribution < 1.29 is 4.92 Å². The molecule has 8 heteroatoms. The minimum absolute atomic E-state index is 0.0176. The summed E-state index contributed by atoms with van der Waals surface area (Å²) in [7, 11) is 0. The maximum absolute atomic E-state index is 10.9. The van der Waals surface area contributed by atoms with Gasteiger partial charge >= 0.3 is 0 Å². The van der Waals surface area contributed by atoms with Gasteiger partial charge in [-0.25, -0.2) is 4.99 Å². The van der Waals surface area contributed by atoms with Gasteiger partial charge in [0, 0.05) is 38.3 Å². The molecule has 1 N–H and O–H groups in total. The van der Waals surface area contributed by atoms with E-state index in [0.29, 0.717) is 27.8 Å². The Morgan fingerprint density at radius 1 is 0.964 bits per heavy atom. The molecule has 0 bridgehead atoms. The highest BCUT2D eigenvalue weighted by Gasteiger charge is 2.18. The first-order valence-corrected chi connectivity index (χ1v) is 9.41. The molecule has 3 aromatic carbocycles. The minimum Gasteiger partial charge on any atom is -0.260 e. The average Bonchev–Trinajstić information content (AvgIpc) is 2.88. The monoisotopic (exact) mass is 454 g/mol. The zero-order valence-electron chi connectivity index (χ0n) is 14.3. The molecule has 0 saturated heterocycles. The number of nitro groups is 1. The first-order chi connectivity index (χ1) is 13.5. The van der Waals surface area contributed by atoms with Crippen molar-refractivity contribution >= 4 is 50.5 Å². The highest BCUT2D eigenvalue weighted by molar-refractivity contribution is 9.10. The summed E-state index contributed by atoms with van der Waals surface area (Å²) in [6.45, 7) is 0. The third-order valence-corrected chi connectivity index (χ3v) is 4.95. The van der Waals surface area contributed by atoms with Gasteiger partial charge in [0.2, 0.25) is 0 Å². The van der Waals surface area contributed by atoms with Crippen LogP contribution in [0.4, 0.5) is 11.4 Å². The molecule has 0 unspecified atom stereocenters. The number of hydrogen-bond acceptors (Lipinski definition) is 5.